The first-order valence-corrected chi connectivity index (χ1v) is 8.95. The van der Waals surface area contributed by atoms with Crippen molar-refractivity contribution in [2.24, 2.45) is 0 Å². The molecule has 2 aromatic heterocycles. The summed E-state index contributed by atoms with van der Waals surface area (Å²) in [4.78, 5) is 26.0. The Morgan fingerprint density at radius 2 is 1.70 bits per heavy atom. The molecule has 0 bridgehead atoms. The number of amides is 1. The Morgan fingerprint density at radius 1 is 0.926 bits per heavy atom. The molecule has 0 aliphatic rings. The van der Waals surface area contributed by atoms with Gasteiger partial charge in [-0.2, -0.15) is 0 Å². The van der Waals surface area contributed by atoms with Gasteiger partial charge in [-0.05, 0) is 41.8 Å². The summed E-state index contributed by atoms with van der Waals surface area (Å²) >= 11 is 1.35. The fourth-order valence-corrected chi connectivity index (χ4v) is 3.29. The van der Waals surface area contributed by atoms with Gasteiger partial charge in [0.15, 0.2) is 0 Å². The van der Waals surface area contributed by atoms with E-state index in [4.69, 9.17) is 4.42 Å². The highest BCUT2D eigenvalue weighted by atomic mass is 32.1. The van der Waals surface area contributed by atoms with Crippen LogP contribution in [0.4, 0.5) is 5.69 Å². The number of anilines is 1. The molecule has 0 radical (unpaired) electrons. The molecule has 0 saturated carbocycles. The Bertz CT molecular complexity index is 1070. The lowest BCUT2D eigenvalue weighted by Crippen LogP contribution is -2.16. The average Bonchev–Trinajstić information content (AvgIpc) is 3.42. The molecule has 0 saturated heterocycles. The van der Waals surface area contributed by atoms with Gasteiger partial charge in [0.2, 0.25) is 18.1 Å². The fraction of sp³-hybridized carbons (Fsp3) is 0. The van der Waals surface area contributed by atoms with E-state index in [1.165, 1.54) is 17.7 Å². The predicted octanol–water partition coefficient (Wildman–Crippen LogP) is 4.28. The maximum Gasteiger partial charge on any atom is 0.256 e. The van der Waals surface area contributed by atoms with E-state index in [2.05, 4.69) is 15.5 Å². The molecule has 4 aromatic rings. The highest BCUT2D eigenvalue weighted by Gasteiger charge is 2.18. The van der Waals surface area contributed by atoms with Gasteiger partial charge in [0.1, 0.15) is 0 Å². The first-order chi connectivity index (χ1) is 13.2. The molecule has 132 valence electrons. The second kappa shape index (κ2) is 7.35. The summed E-state index contributed by atoms with van der Waals surface area (Å²) < 4.78 is 5.14. The molecule has 0 aliphatic carbocycles. The highest BCUT2D eigenvalue weighted by Crippen LogP contribution is 2.21. The number of hydrogen-bond donors (Lipinski definition) is 1. The number of carbonyl (C=O) groups is 2. The molecule has 0 unspecified atom stereocenters. The van der Waals surface area contributed by atoms with Crippen LogP contribution in [0.25, 0.3) is 11.5 Å². The third-order valence-corrected chi connectivity index (χ3v) is 4.78. The summed E-state index contributed by atoms with van der Waals surface area (Å²) in [6, 6.07) is 17.4. The van der Waals surface area contributed by atoms with E-state index < -0.39 is 0 Å². The summed E-state index contributed by atoms with van der Waals surface area (Å²) in [6.45, 7) is 0. The van der Waals surface area contributed by atoms with E-state index in [0.717, 1.165) is 5.56 Å². The topological polar surface area (TPSA) is 85.1 Å². The molecule has 0 spiro atoms. The van der Waals surface area contributed by atoms with Crippen LogP contribution in [-0.4, -0.2) is 21.9 Å². The van der Waals surface area contributed by atoms with E-state index >= 15 is 0 Å². The molecule has 4 rings (SSSR count). The van der Waals surface area contributed by atoms with Crippen molar-refractivity contribution < 1.29 is 14.0 Å². The van der Waals surface area contributed by atoms with Crippen LogP contribution in [0, 0.1) is 0 Å². The normalized spacial score (nSPS) is 10.5. The van der Waals surface area contributed by atoms with Gasteiger partial charge >= 0.3 is 0 Å². The van der Waals surface area contributed by atoms with Gasteiger partial charge in [-0.25, -0.2) is 0 Å². The minimum Gasteiger partial charge on any atom is -0.423 e. The number of hydrogen-bond acceptors (Lipinski definition) is 6. The fourth-order valence-electron chi connectivity index (χ4n) is 2.61. The minimum absolute atomic E-state index is 0.164. The Hall–Kier alpha value is -3.58. The van der Waals surface area contributed by atoms with Gasteiger partial charge in [0.25, 0.3) is 5.91 Å². The zero-order valence-electron chi connectivity index (χ0n) is 14.0. The van der Waals surface area contributed by atoms with E-state index in [-0.39, 0.29) is 11.7 Å². The second-order valence-electron chi connectivity index (χ2n) is 5.63. The number of ketones is 1. The molecule has 6 nitrogen and oxygen atoms in total. The van der Waals surface area contributed by atoms with Crippen molar-refractivity contribution in [3.05, 3.63) is 88.4 Å². The number of rotatable bonds is 5. The van der Waals surface area contributed by atoms with Crippen LogP contribution in [-0.2, 0) is 0 Å². The van der Waals surface area contributed by atoms with E-state index in [9.17, 15) is 9.59 Å². The molecule has 0 fully saturated rings. The Morgan fingerprint density at radius 3 is 2.37 bits per heavy atom. The third kappa shape index (κ3) is 3.54. The first kappa shape index (κ1) is 16.9. The average molecular weight is 375 g/mol. The van der Waals surface area contributed by atoms with Crippen molar-refractivity contribution in [3.63, 3.8) is 0 Å². The van der Waals surface area contributed by atoms with Gasteiger partial charge < -0.3 is 9.73 Å². The monoisotopic (exact) mass is 375 g/mol. The first-order valence-electron chi connectivity index (χ1n) is 8.07. The summed E-state index contributed by atoms with van der Waals surface area (Å²) in [6.07, 6.45) is 1.26. The van der Waals surface area contributed by atoms with Crippen LogP contribution in [0.15, 0.2) is 76.9 Å². The summed E-state index contributed by atoms with van der Waals surface area (Å²) in [5.74, 6) is -0.108. The molecular weight excluding hydrogens is 362 g/mol. The lowest BCUT2D eigenvalue weighted by molar-refractivity contribution is 0.0998. The van der Waals surface area contributed by atoms with Crippen LogP contribution < -0.4 is 5.32 Å². The van der Waals surface area contributed by atoms with Crippen LogP contribution in [0.5, 0.6) is 0 Å². The van der Waals surface area contributed by atoms with Crippen LogP contribution in [0.1, 0.15) is 25.6 Å². The number of thiophene rings is 1. The summed E-state index contributed by atoms with van der Waals surface area (Å²) in [7, 11) is 0. The molecule has 27 heavy (non-hydrogen) atoms. The highest BCUT2D eigenvalue weighted by molar-refractivity contribution is 7.12. The lowest BCUT2D eigenvalue weighted by Gasteiger charge is -2.09. The minimum atomic E-state index is -0.346. The molecule has 1 amide bonds. The van der Waals surface area contributed by atoms with Crippen molar-refractivity contribution in [2.75, 3.05) is 5.32 Å². The number of benzene rings is 2. The SMILES string of the molecule is O=C(Nc1ccc(-c2nnco2)cc1)c1ccccc1C(=O)c1cccs1. The smallest absolute Gasteiger partial charge is 0.256 e. The quantitative estimate of drug-likeness (QED) is 0.526. The predicted molar refractivity (Wildman–Crippen MR) is 102 cm³/mol. The van der Waals surface area contributed by atoms with Gasteiger partial charge in [-0.15, -0.1) is 21.5 Å². The molecular formula is C20H13N3O3S. The van der Waals surface area contributed by atoms with Crippen molar-refractivity contribution in [1.29, 1.82) is 0 Å². The van der Waals surface area contributed by atoms with Crippen molar-refractivity contribution in [2.45, 2.75) is 0 Å². The van der Waals surface area contributed by atoms with Crippen molar-refractivity contribution in [1.82, 2.24) is 10.2 Å². The molecule has 0 aliphatic heterocycles. The molecule has 2 aromatic carbocycles. The van der Waals surface area contributed by atoms with E-state index in [1.807, 2.05) is 11.4 Å². The molecule has 7 heteroatoms. The van der Waals surface area contributed by atoms with Crippen LogP contribution in [0.2, 0.25) is 0 Å². The van der Waals surface area contributed by atoms with Gasteiger partial charge in [-0.1, -0.05) is 24.3 Å². The molecule has 1 N–H and O–H groups in total. The zero-order valence-corrected chi connectivity index (χ0v) is 14.8. The maximum atomic E-state index is 12.7. The van der Waals surface area contributed by atoms with Crippen LogP contribution in [0.3, 0.4) is 0 Å². The van der Waals surface area contributed by atoms with Gasteiger partial charge in [0, 0.05) is 16.8 Å². The van der Waals surface area contributed by atoms with Crippen LogP contribution >= 0.6 is 11.3 Å². The van der Waals surface area contributed by atoms with E-state index in [1.54, 1.807) is 54.6 Å². The molecule has 0 atom stereocenters. The number of aromatic nitrogens is 2. The number of nitrogens with zero attached hydrogens (tertiary/aromatic N) is 2. The maximum absolute atomic E-state index is 12.7. The number of carbonyl (C=O) groups excluding carboxylic acids is 2. The van der Waals surface area contributed by atoms with Crippen molar-refractivity contribution in [3.8, 4) is 11.5 Å². The van der Waals surface area contributed by atoms with Gasteiger partial charge in [-0.3, -0.25) is 9.59 Å². The van der Waals surface area contributed by atoms with Gasteiger partial charge in [0.05, 0.1) is 10.4 Å². The lowest BCUT2D eigenvalue weighted by atomic mass is 10.0. The Kier molecular flexibility index (Phi) is 4.59. The van der Waals surface area contributed by atoms with E-state index in [0.29, 0.717) is 27.6 Å². The van der Waals surface area contributed by atoms with Crippen molar-refractivity contribution >= 4 is 28.7 Å². The second-order valence-corrected chi connectivity index (χ2v) is 6.58. The Balaban J connectivity index is 1.56. The summed E-state index contributed by atoms with van der Waals surface area (Å²) in [5.41, 5.74) is 2.05. The standard InChI is InChI=1S/C20H13N3O3S/c24-18(17-6-3-11-27-17)15-4-1-2-5-16(15)19(25)22-14-9-7-13(8-10-14)20-23-21-12-26-20/h1-12H,(H,22,25). The summed E-state index contributed by atoms with van der Waals surface area (Å²) in [5, 5.41) is 12.1. The Labute approximate surface area is 158 Å². The zero-order chi connectivity index (χ0) is 18.6. The number of nitrogens with one attached hydrogen (secondary N) is 1. The molecule has 2 heterocycles. The largest absolute Gasteiger partial charge is 0.423 e. The third-order valence-electron chi connectivity index (χ3n) is 3.91.